The van der Waals surface area contributed by atoms with E-state index < -0.39 is 12.2 Å². The first kappa shape index (κ1) is 13.3. The van der Waals surface area contributed by atoms with Crippen LogP contribution in [0.4, 0.5) is 0 Å². The minimum absolute atomic E-state index is 0.0153. The van der Waals surface area contributed by atoms with Crippen LogP contribution < -0.4 is 4.74 Å². The van der Waals surface area contributed by atoms with E-state index in [2.05, 4.69) is 0 Å². The molecule has 4 heteroatoms. The van der Waals surface area contributed by atoms with Gasteiger partial charge in [0.05, 0.1) is 18.1 Å². The van der Waals surface area contributed by atoms with Crippen LogP contribution in [0.1, 0.15) is 25.5 Å². The Morgan fingerprint density at radius 1 is 1.25 bits per heavy atom. The highest BCUT2D eigenvalue weighted by molar-refractivity contribution is 6.18. The Kier molecular flexibility index (Phi) is 5.06. The highest BCUT2D eigenvalue weighted by Crippen LogP contribution is 2.28. The second-order valence-corrected chi connectivity index (χ2v) is 4.18. The van der Waals surface area contributed by atoms with Gasteiger partial charge in [0.15, 0.2) is 0 Å². The molecule has 2 atom stereocenters. The van der Waals surface area contributed by atoms with Crippen molar-refractivity contribution in [3.05, 3.63) is 29.8 Å². The third-order valence-corrected chi connectivity index (χ3v) is 2.44. The fraction of sp³-hybridized carbons (Fsp3) is 0.500. The Morgan fingerprint density at radius 2 is 1.88 bits per heavy atom. The Hall–Kier alpha value is -0.770. The van der Waals surface area contributed by atoms with Crippen molar-refractivity contribution in [2.75, 3.05) is 5.88 Å². The molecule has 2 N–H and O–H groups in total. The summed E-state index contributed by atoms with van der Waals surface area (Å²) in [7, 11) is 0. The van der Waals surface area contributed by atoms with Crippen molar-refractivity contribution in [3.8, 4) is 5.75 Å². The summed E-state index contributed by atoms with van der Waals surface area (Å²) in [5.74, 6) is 0.561. The highest BCUT2D eigenvalue weighted by atomic mass is 35.5. The van der Waals surface area contributed by atoms with Gasteiger partial charge in [-0.25, -0.2) is 0 Å². The van der Waals surface area contributed by atoms with Crippen molar-refractivity contribution in [1.29, 1.82) is 0 Å². The Morgan fingerprint density at radius 3 is 2.44 bits per heavy atom. The van der Waals surface area contributed by atoms with Gasteiger partial charge in [-0.3, -0.25) is 0 Å². The minimum Gasteiger partial charge on any atom is -0.491 e. The number of aliphatic hydroxyl groups is 2. The number of hydrogen-bond acceptors (Lipinski definition) is 3. The van der Waals surface area contributed by atoms with Crippen LogP contribution in [0.3, 0.4) is 0 Å². The Bertz CT molecular complexity index is 328. The van der Waals surface area contributed by atoms with Crippen LogP contribution in [-0.2, 0) is 0 Å². The molecule has 0 radical (unpaired) electrons. The van der Waals surface area contributed by atoms with Crippen LogP contribution in [-0.4, -0.2) is 28.3 Å². The van der Waals surface area contributed by atoms with Crippen molar-refractivity contribution >= 4 is 11.6 Å². The molecule has 1 aromatic carbocycles. The second-order valence-electron chi connectivity index (χ2n) is 3.87. The van der Waals surface area contributed by atoms with Gasteiger partial charge in [0, 0.05) is 5.56 Å². The molecule has 0 saturated heterocycles. The summed E-state index contributed by atoms with van der Waals surface area (Å²) in [6, 6.07) is 7.09. The van der Waals surface area contributed by atoms with Crippen LogP contribution in [0.25, 0.3) is 0 Å². The van der Waals surface area contributed by atoms with E-state index in [4.69, 9.17) is 16.3 Å². The van der Waals surface area contributed by atoms with Crippen LogP contribution >= 0.6 is 11.6 Å². The number of rotatable bonds is 5. The normalized spacial score (nSPS) is 14.9. The molecule has 2 unspecified atom stereocenters. The number of benzene rings is 1. The molecule has 0 fully saturated rings. The van der Waals surface area contributed by atoms with Crippen molar-refractivity contribution in [2.24, 2.45) is 0 Å². The molecule has 0 heterocycles. The molecule has 0 aliphatic heterocycles. The fourth-order valence-corrected chi connectivity index (χ4v) is 1.55. The van der Waals surface area contributed by atoms with Crippen LogP contribution in [0.5, 0.6) is 5.75 Å². The topological polar surface area (TPSA) is 49.7 Å². The van der Waals surface area contributed by atoms with Gasteiger partial charge in [-0.05, 0) is 19.9 Å². The Labute approximate surface area is 101 Å². The lowest BCUT2D eigenvalue weighted by Gasteiger charge is -2.20. The number of alkyl halides is 1. The van der Waals surface area contributed by atoms with Crippen molar-refractivity contribution < 1.29 is 14.9 Å². The monoisotopic (exact) mass is 244 g/mol. The van der Waals surface area contributed by atoms with Gasteiger partial charge in [-0.2, -0.15) is 0 Å². The summed E-state index contributed by atoms with van der Waals surface area (Å²) in [5, 5.41) is 19.4. The maximum absolute atomic E-state index is 9.87. The summed E-state index contributed by atoms with van der Waals surface area (Å²) in [6.45, 7) is 3.81. The summed E-state index contributed by atoms with van der Waals surface area (Å²) in [4.78, 5) is 0. The fourth-order valence-electron chi connectivity index (χ4n) is 1.38. The first-order valence-electron chi connectivity index (χ1n) is 5.24. The van der Waals surface area contributed by atoms with Crippen LogP contribution in [0.2, 0.25) is 0 Å². The van der Waals surface area contributed by atoms with Crippen molar-refractivity contribution in [2.45, 2.75) is 32.2 Å². The summed E-state index contributed by atoms with van der Waals surface area (Å²) in [5.41, 5.74) is 0.560. The van der Waals surface area contributed by atoms with Crippen molar-refractivity contribution in [1.82, 2.24) is 0 Å². The second kappa shape index (κ2) is 6.09. The molecule has 0 spiro atoms. The average molecular weight is 245 g/mol. The van der Waals surface area contributed by atoms with E-state index in [9.17, 15) is 10.2 Å². The quantitative estimate of drug-likeness (QED) is 0.780. The van der Waals surface area contributed by atoms with E-state index in [1.807, 2.05) is 19.9 Å². The zero-order valence-electron chi connectivity index (χ0n) is 9.43. The number of aliphatic hydroxyl groups excluding tert-OH is 2. The van der Waals surface area contributed by atoms with Gasteiger partial charge in [0.25, 0.3) is 0 Å². The number of para-hydroxylation sites is 1. The molecule has 16 heavy (non-hydrogen) atoms. The maximum atomic E-state index is 9.87. The summed E-state index contributed by atoms with van der Waals surface area (Å²) in [6.07, 6.45) is -1.99. The largest absolute Gasteiger partial charge is 0.491 e. The van der Waals surface area contributed by atoms with Gasteiger partial charge in [0.2, 0.25) is 0 Å². The lowest BCUT2D eigenvalue weighted by atomic mass is 10.0. The van der Waals surface area contributed by atoms with Gasteiger partial charge in [0.1, 0.15) is 11.9 Å². The lowest BCUT2D eigenvalue weighted by molar-refractivity contribution is 0.0302. The third kappa shape index (κ3) is 3.37. The highest BCUT2D eigenvalue weighted by Gasteiger charge is 2.21. The molecule has 0 amide bonds. The van der Waals surface area contributed by atoms with Crippen molar-refractivity contribution in [3.63, 3.8) is 0 Å². The molecule has 0 aliphatic carbocycles. The summed E-state index contributed by atoms with van der Waals surface area (Å²) < 4.78 is 5.55. The average Bonchev–Trinajstić information content (AvgIpc) is 2.27. The molecular formula is C12H17ClO3. The maximum Gasteiger partial charge on any atom is 0.125 e. The Balaban J connectivity index is 2.93. The van der Waals surface area contributed by atoms with E-state index in [-0.39, 0.29) is 12.0 Å². The first-order valence-corrected chi connectivity index (χ1v) is 5.77. The zero-order chi connectivity index (χ0) is 12.1. The van der Waals surface area contributed by atoms with Gasteiger partial charge in [-0.1, -0.05) is 18.2 Å². The summed E-state index contributed by atoms with van der Waals surface area (Å²) >= 11 is 5.50. The molecular weight excluding hydrogens is 228 g/mol. The molecule has 0 bridgehead atoms. The van der Waals surface area contributed by atoms with E-state index >= 15 is 0 Å². The number of ether oxygens (including phenoxy) is 1. The van der Waals surface area contributed by atoms with Crippen LogP contribution in [0.15, 0.2) is 24.3 Å². The predicted molar refractivity (Wildman–Crippen MR) is 63.9 cm³/mol. The zero-order valence-corrected chi connectivity index (χ0v) is 10.2. The molecule has 3 nitrogen and oxygen atoms in total. The first-order chi connectivity index (χ1) is 7.56. The minimum atomic E-state index is -1.02. The smallest absolute Gasteiger partial charge is 0.125 e. The van der Waals surface area contributed by atoms with E-state index in [0.717, 1.165) is 0 Å². The molecule has 0 aliphatic rings. The molecule has 0 saturated carbocycles. The predicted octanol–water partition coefficient (Wildman–Crippen LogP) is 2.11. The van der Waals surface area contributed by atoms with E-state index in [1.165, 1.54) is 0 Å². The van der Waals surface area contributed by atoms with E-state index in [0.29, 0.717) is 11.3 Å². The molecule has 0 aromatic heterocycles. The van der Waals surface area contributed by atoms with Crippen LogP contribution in [0, 0.1) is 0 Å². The van der Waals surface area contributed by atoms with E-state index in [1.54, 1.807) is 18.2 Å². The molecule has 90 valence electrons. The standard InChI is InChI=1S/C12H17ClO3/c1-8(2)16-11-6-4-3-5-9(11)12(15)10(14)7-13/h3-6,8,10,12,14-15H,7H2,1-2H3. The lowest BCUT2D eigenvalue weighted by Crippen LogP contribution is -2.21. The van der Waals surface area contributed by atoms with Gasteiger partial charge in [-0.15, -0.1) is 11.6 Å². The molecule has 1 rings (SSSR count). The SMILES string of the molecule is CC(C)Oc1ccccc1C(O)C(O)CCl. The number of hydrogen-bond donors (Lipinski definition) is 2. The number of halogens is 1. The van der Waals surface area contributed by atoms with Gasteiger partial charge >= 0.3 is 0 Å². The van der Waals surface area contributed by atoms with Gasteiger partial charge < -0.3 is 14.9 Å². The molecule has 1 aromatic rings. The third-order valence-electron chi connectivity index (χ3n) is 2.12.